The number of rotatable bonds is 8. The first-order valence-corrected chi connectivity index (χ1v) is 23.1. The van der Waals surface area contributed by atoms with Crippen LogP contribution in [0.4, 0.5) is 0 Å². The zero-order valence-electron chi connectivity index (χ0n) is 36.8. The molecule has 2 heterocycles. The molecule has 9 nitrogen and oxygen atoms in total. The quantitative estimate of drug-likeness (QED) is 0.237. The van der Waals surface area contributed by atoms with Gasteiger partial charge in [-0.3, -0.25) is 24.1 Å². The predicted octanol–water partition coefficient (Wildman–Crippen LogP) is 8.07. The molecule has 2 saturated heterocycles. The van der Waals surface area contributed by atoms with Crippen molar-refractivity contribution in [2.45, 2.75) is 170 Å². The minimum absolute atomic E-state index is 0.0315. The minimum Gasteiger partial charge on any atom is -0.481 e. The Balaban J connectivity index is 1.06. The first-order chi connectivity index (χ1) is 26.7. The first-order valence-electron chi connectivity index (χ1n) is 23.1. The fourth-order valence-electron chi connectivity index (χ4n) is 16.2. The second-order valence-corrected chi connectivity index (χ2v) is 22.8. The van der Waals surface area contributed by atoms with Gasteiger partial charge in [0.1, 0.15) is 6.10 Å². The standard InChI is InChI=1S/C48H74N2O7/c1-28(2)38-34(52)25-48(42(56)50-23-11-12-29(50)26-49-22-10-13-30(49)27-51)21-20-46(8)31(39(38)48)14-15-36-45(7)18-17-37(44(5,6)35(45)16-19-47(36,46)9)57-41(55)33-24-32(40(53)54)43(33,3)4/h28-33,35-37,51H,10-27H2,1-9H3,(H,53,54)/t29-,30-,31+,32-,33+,35?,36?,37-,45-,46+,47+,48+/m0/s1. The maximum atomic E-state index is 15.4. The number of aliphatic hydroxyl groups excluding tert-OH is 1. The number of carboxylic acid groups (broad SMARTS) is 1. The number of carbonyl (C=O) groups is 4. The van der Waals surface area contributed by atoms with Crippen molar-refractivity contribution < 1.29 is 34.1 Å². The number of ether oxygens (including phenoxy) is 1. The van der Waals surface area contributed by atoms with Crippen LogP contribution >= 0.6 is 0 Å². The number of Topliss-reactive ketones (excluding diaryl/α,β-unsaturated/α-hetero) is 1. The van der Waals surface area contributed by atoms with Crippen molar-refractivity contribution in [2.24, 2.45) is 68.0 Å². The summed E-state index contributed by atoms with van der Waals surface area (Å²) in [5.41, 5.74) is 0.668. The summed E-state index contributed by atoms with van der Waals surface area (Å²) in [6.45, 7) is 23.1. The number of allylic oxidation sites excluding steroid dienone is 1. The van der Waals surface area contributed by atoms with E-state index in [9.17, 15) is 24.6 Å². The van der Waals surface area contributed by atoms with Gasteiger partial charge in [0.05, 0.1) is 23.9 Å². The van der Waals surface area contributed by atoms with Crippen LogP contribution in [0.15, 0.2) is 11.1 Å². The highest BCUT2D eigenvalue weighted by atomic mass is 16.5. The second-order valence-electron chi connectivity index (χ2n) is 22.8. The summed E-state index contributed by atoms with van der Waals surface area (Å²) in [6, 6.07) is 0.318. The lowest BCUT2D eigenvalue weighted by Crippen LogP contribution is -2.66. The molecule has 8 aliphatic rings. The number of hydrogen-bond acceptors (Lipinski definition) is 7. The molecular formula is C48H74N2O7. The van der Waals surface area contributed by atoms with E-state index in [0.29, 0.717) is 24.7 Å². The van der Waals surface area contributed by atoms with E-state index < -0.39 is 22.7 Å². The number of aliphatic carboxylic acids is 1. The Labute approximate surface area is 342 Å². The third-order valence-electron chi connectivity index (χ3n) is 19.7. The molecule has 8 rings (SSSR count). The predicted molar refractivity (Wildman–Crippen MR) is 219 cm³/mol. The van der Waals surface area contributed by atoms with Crippen LogP contribution in [0.5, 0.6) is 0 Å². The van der Waals surface area contributed by atoms with Crippen molar-refractivity contribution in [3.63, 3.8) is 0 Å². The molecule has 5 saturated carbocycles. The third kappa shape index (κ3) is 5.78. The van der Waals surface area contributed by atoms with E-state index in [-0.39, 0.29) is 81.9 Å². The minimum atomic E-state index is -0.830. The van der Waals surface area contributed by atoms with Gasteiger partial charge in [-0.25, -0.2) is 0 Å². The molecule has 0 spiro atoms. The Morgan fingerprint density at radius 2 is 1.49 bits per heavy atom. The summed E-state index contributed by atoms with van der Waals surface area (Å²) in [7, 11) is 0. The molecule has 0 bridgehead atoms. The molecule has 2 N–H and O–H groups in total. The van der Waals surface area contributed by atoms with E-state index in [1.807, 2.05) is 13.8 Å². The molecule has 6 aliphatic carbocycles. The Morgan fingerprint density at radius 3 is 2.16 bits per heavy atom. The Kier molecular flexibility index (Phi) is 10.1. The largest absolute Gasteiger partial charge is 0.481 e. The average Bonchev–Trinajstić information content (AvgIpc) is 3.86. The number of ketones is 1. The topological polar surface area (TPSA) is 124 Å². The highest BCUT2D eigenvalue weighted by Crippen LogP contribution is 2.77. The SMILES string of the molecule is CC(C)C1=C2[C@H]3CCC4[C@@]5(C)CC[C@H](OC(=O)[C@H]6C[C@@H](C(=O)O)C6(C)C)C(C)(C)C5CC[C@@]4(C)[C@]3(C)CC[C@@]2(C(=O)N2CCC[C@H]2CN2CCC[C@H]2CO)CC1=O. The van der Waals surface area contributed by atoms with Crippen LogP contribution in [-0.2, 0) is 23.9 Å². The first kappa shape index (κ1) is 41.5. The molecule has 318 valence electrons. The number of carbonyl (C=O) groups excluding carboxylic acids is 3. The Bertz CT molecular complexity index is 1720. The lowest BCUT2D eigenvalue weighted by Gasteiger charge is -2.72. The van der Waals surface area contributed by atoms with Crippen LogP contribution in [0, 0.1) is 68.0 Å². The molecule has 12 atom stereocenters. The van der Waals surface area contributed by atoms with Gasteiger partial charge in [0.25, 0.3) is 0 Å². The van der Waals surface area contributed by atoms with Gasteiger partial charge in [-0.15, -0.1) is 0 Å². The maximum absolute atomic E-state index is 15.4. The van der Waals surface area contributed by atoms with Crippen LogP contribution in [0.1, 0.15) is 152 Å². The van der Waals surface area contributed by atoms with Gasteiger partial charge in [0.2, 0.25) is 5.91 Å². The number of hydrogen-bond donors (Lipinski definition) is 2. The molecular weight excluding hydrogens is 717 g/mol. The normalized spacial score (nSPS) is 44.9. The van der Waals surface area contributed by atoms with E-state index in [0.717, 1.165) is 102 Å². The molecule has 0 aromatic rings. The van der Waals surface area contributed by atoms with Crippen LogP contribution < -0.4 is 0 Å². The van der Waals surface area contributed by atoms with Crippen LogP contribution in [0.2, 0.25) is 0 Å². The van der Waals surface area contributed by atoms with E-state index in [2.05, 4.69) is 58.3 Å². The lowest BCUT2D eigenvalue weighted by atomic mass is 9.33. The number of aliphatic hydroxyl groups is 1. The van der Waals surface area contributed by atoms with Crippen molar-refractivity contribution in [3.05, 3.63) is 11.1 Å². The molecule has 2 unspecified atom stereocenters. The third-order valence-corrected chi connectivity index (χ3v) is 19.7. The van der Waals surface area contributed by atoms with Gasteiger partial charge in [0, 0.05) is 37.0 Å². The van der Waals surface area contributed by atoms with Crippen LogP contribution in [0.25, 0.3) is 0 Å². The molecule has 2 aliphatic heterocycles. The van der Waals surface area contributed by atoms with Gasteiger partial charge >= 0.3 is 11.9 Å². The number of carboxylic acids is 1. The van der Waals surface area contributed by atoms with Crippen LogP contribution in [-0.4, -0.2) is 88.1 Å². The molecule has 0 aromatic heterocycles. The summed E-state index contributed by atoms with van der Waals surface area (Å²) < 4.78 is 6.44. The fourth-order valence-corrected chi connectivity index (χ4v) is 16.2. The molecule has 1 amide bonds. The molecule has 0 radical (unpaired) electrons. The second kappa shape index (κ2) is 13.9. The van der Waals surface area contributed by atoms with Gasteiger partial charge in [-0.1, -0.05) is 62.3 Å². The summed E-state index contributed by atoms with van der Waals surface area (Å²) in [5.74, 6) is -0.395. The molecule has 7 fully saturated rings. The van der Waals surface area contributed by atoms with Crippen molar-refractivity contribution in [2.75, 3.05) is 26.2 Å². The van der Waals surface area contributed by atoms with E-state index in [1.165, 1.54) is 5.57 Å². The summed E-state index contributed by atoms with van der Waals surface area (Å²) in [4.78, 5) is 59.8. The number of likely N-dealkylation sites (tertiary alicyclic amines) is 2. The van der Waals surface area contributed by atoms with E-state index >= 15 is 4.79 Å². The van der Waals surface area contributed by atoms with Crippen molar-refractivity contribution in [1.29, 1.82) is 0 Å². The monoisotopic (exact) mass is 791 g/mol. The summed E-state index contributed by atoms with van der Waals surface area (Å²) in [5, 5.41) is 19.8. The fraction of sp³-hybridized carbons (Fsp3) is 0.875. The van der Waals surface area contributed by atoms with Crippen molar-refractivity contribution >= 4 is 23.6 Å². The molecule has 57 heavy (non-hydrogen) atoms. The average molecular weight is 791 g/mol. The van der Waals surface area contributed by atoms with E-state index in [4.69, 9.17) is 4.74 Å². The van der Waals surface area contributed by atoms with Gasteiger partial charge < -0.3 is 19.8 Å². The zero-order valence-corrected chi connectivity index (χ0v) is 36.8. The van der Waals surface area contributed by atoms with Crippen molar-refractivity contribution in [1.82, 2.24) is 9.80 Å². The number of amides is 1. The zero-order chi connectivity index (χ0) is 41.2. The highest BCUT2D eigenvalue weighted by molar-refractivity contribution is 6.07. The maximum Gasteiger partial charge on any atom is 0.309 e. The number of nitrogens with zero attached hydrogens (tertiary/aromatic N) is 2. The molecule has 9 heteroatoms. The van der Waals surface area contributed by atoms with Gasteiger partial charge in [0.15, 0.2) is 5.78 Å². The van der Waals surface area contributed by atoms with Gasteiger partial charge in [-0.05, 0) is 146 Å². The lowest BCUT2D eigenvalue weighted by molar-refractivity contribution is -0.236. The Hall–Kier alpha value is -2.26. The Morgan fingerprint density at radius 1 is 0.789 bits per heavy atom. The highest BCUT2D eigenvalue weighted by Gasteiger charge is 2.71. The van der Waals surface area contributed by atoms with E-state index in [1.54, 1.807) is 0 Å². The molecule has 0 aromatic carbocycles. The summed E-state index contributed by atoms with van der Waals surface area (Å²) >= 11 is 0. The van der Waals surface area contributed by atoms with Crippen LogP contribution in [0.3, 0.4) is 0 Å². The number of fused-ring (bicyclic) bond motifs is 7. The van der Waals surface area contributed by atoms with Gasteiger partial charge in [-0.2, -0.15) is 0 Å². The summed E-state index contributed by atoms with van der Waals surface area (Å²) in [6.07, 6.45) is 12.3. The smallest absolute Gasteiger partial charge is 0.309 e. The van der Waals surface area contributed by atoms with Crippen molar-refractivity contribution in [3.8, 4) is 0 Å². The number of esters is 1.